The second-order valence-electron chi connectivity index (χ2n) is 4.49. The van der Waals surface area contributed by atoms with Crippen molar-refractivity contribution in [2.45, 2.75) is 38.5 Å². The summed E-state index contributed by atoms with van der Waals surface area (Å²) in [7, 11) is 3.86. The lowest BCUT2D eigenvalue weighted by atomic mass is 9.95. The number of hydrogen-bond donors (Lipinski definition) is 0. The van der Waals surface area contributed by atoms with Crippen molar-refractivity contribution in [1.82, 2.24) is 4.90 Å². The van der Waals surface area contributed by atoms with Gasteiger partial charge < -0.3 is 4.90 Å². The van der Waals surface area contributed by atoms with E-state index in [0.717, 1.165) is 17.3 Å². The fourth-order valence-corrected chi connectivity index (χ4v) is 2.76. The summed E-state index contributed by atoms with van der Waals surface area (Å²) in [5.74, 6) is 0.531. The molecule has 86 valence electrons. The summed E-state index contributed by atoms with van der Waals surface area (Å²) >= 11 is 3.37. The Balaban J connectivity index is 2.57. The van der Waals surface area contributed by atoms with Crippen molar-refractivity contribution in [3.05, 3.63) is 10.7 Å². The highest BCUT2D eigenvalue weighted by Gasteiger charge is 2.21. The standard InChI is InChI=1S/C12H20BrNO/c1-14(2)9-11(13)12(15)10-7-5-3-4-6-8-10/h9-10H,3-8H2,1-2H3/b11-9-. The highest BCUT2D eigenvalue weighted by molar-refractivity contribution is 9.12. The first-order valence-electron chi connectivity index (χ1n) is 5.69. The van der Waals surface area contributed by atoms with Gasteiger partial charge in [-0.15, -0.1) is 0 Å². The van der Waals surface area contributed by atoms with E-state index in [2.05, 4.69) is 15.9 Å². The van der Waals surface area contributed by atoms with Crippen molar-refractivity contribution >= 4 is 21.7 Å². The number of Topliss-reactive ketones (excluding diaryl/α,β-unsaturated/α-hetero) is 1. The number of carbonyl (C=O) groups is 1. The summed E-state index contributed by atoms with van der Waals surface area (Å²) in [6.07, 6.45) is 8.98. The average Bonchev–Trinajstić information content (AvgIpc) is 2.43. The molecule has 15 heavy (non-hydrogen) atoms. The van der Waals surface area contributed by atoms with Gasteiger partial charge in [-0.1, -0.05) is 25.7 Å². The zero-order valence-electron chi connectivity index (χ0n) is 9.63. The molecule has 1 saturated carbocycles. The fraction of sp³-hybridized carbons (Fsp3) is 0.750. The van der Waals surface area contributed by atoms with Gasteiger partial charge in [0.1, 0.15) is 0 Å². The topological polar surface area (TPSA) is 20.3 Å². The Morgan fingerprint density at radius 2 is 1.73 bits per heavy atom. The van der Waals surface area contributed by atoms with Crippen LogP contribution in [0, 0.1) is 5.92 Å². The number of rotatable bonds is 3. The lowest BCUT2D eigenvalue weighted by molar-refractivity contribution is -0.118. The van der Waals surface area contributed by atoms with E-state index in [9.17, 15) is 4.79 Å². The molecule has 0 heterocycles. The third kappa shape index (κ3) is 4.37. The second kappa shape index (κ2) is 6.31. The molecule has 3 heteroatoms. The van der Waals surface area contributed by atoms with Crippen molar-refractivity contribution in [3.63, 3.8) is 0 Å². The maximum absolute atomic E-state index is 12.0. The van der Waals surface area contributed by atoms with Gasteiger partial charge in [-0.05, 0) is 28.8 Å². The van der Waals surface area contributed by atoms with E-state index >= 15 is 0 Å². The molecule has 1 aliphatic carbocycles. The number of ketones is 1. The zero-order valence-corrected chi connectivity index (χ0v) is 11.2. The van der Waals surface area contributed by atoms with Gasteiger partial charge in [0.15, 0.2) is 5.78 Å². The van der Waals surface area contributed by atoms with Crippen LogP contribution in [0.3, 0.4) is 0 Å². The molecule has 0 spiro atoms. The molecule has 0 aliphatic heterocycles. The van der Waals surface area contributed by atoms with Crippen molar-refractivity contribution in [1.29, 1.82) is 0 Å². The third-order valence-electron chi connectivity index (χ3n) is 2.83. The van der Waals surface area contributed by atoms with Gasteiger partial charge in [-0.3, -0.25) is 4.79 Å². The van der Waals surface area contributed by atoms with Gasteiger partial charge in [0, 0.05) is 26.2 Å². The predicted octanol–water partition coefficient (Wildman–Crippen LogP) is 3.32. The van der Waals surface area contributed by atoms with Gasteiger partial charge in [-0.25, -0.2) is 0 Å². The molecule has 0 aromatic rings. The van der Waals surface area contributed by atoms with E-state index in [4.69, 9.17) is 0 Å². The third-order valence-corrected chi connectivity index (χ3v) is 3.43. The van der Waals surface area contributed by atoms with Crippen LogP contribution in [0.15, 0.2) is 10.7 Å². The van der Waals surface area contributed by atoms with Crippen LogP contribution in [0.1, 0.15) is 38.5 Å². The average molecular weight is 274 g/mol. The molecule has 0 N–H and O–H groups in total. The van der Waals surface area contributed by atoms with Gasteiger partial charge in [0.05, 0.1) is 4.48 Å². The van der Waals surface area contributed by atoms with E-state index in [1.165, 1.54) is 25.7 Å². The quantitative estimate of drug-likeness (QED) is 0.581. The first kappa shape index (κ1) is 12.8. The summed E-state index contributed by atoms with van der Waals surface area (Å²) in [5.41, 5.74) is 0. The van der Waals surface area contributed by atoms with E-state index in [1.54, 1.807) is 0 Å². The molecule has 0 aromatic carbocycles. The van der Waals surface area contributed by atoms with Crippen molar-refractivity contribution in [2.24, 2.45) is 5.92 Å². The Hall–Kier alpha value is -0.310. The molecule has 0 amide bonds. The van der Waals surface area contributed by atoms with Crippen LogP contribution in [-0.4, -0.2) is 24.8 Å². The lowest BCUT2D eigenvalue weighted by Gasteiger charge is -2.13. The molecular weight excluding hydrogens is 254 g/mol. The highest BCUT2D eigenvalue weighted by atomic mass is 79.9. The van der Waals surface area contributed by atoms with Crippen molar-refractivity contribution in [3.8, 4) is 0 Å². The molecule has 2 nitrogen and oxygen atoms in total. The van der Waals surface area contributed by atoms with Crippen LogP contribution < -0.4 is 0 Å². The molecule has 1 rings (SSSR count). The van der Waals surface area contributed by atoms with Crippen LogP contribution in [-0.2, 0) is 4.79 Å². The van der Waals surface area contributed by atoms with Gasteiger partial charge in [0.2, 0.25) is 0 Å². The minimum atomic E-state index is 0.248. The monoisotopic (exact) mass is 273 g/mol. The predicted molar refractivity (Wildman–Crippen MR) is 66.9 cm³/mol. The Morgan fingerprint density at radius 1 is 1.20 bits per heavy atom. The number of allylic oxidation sites excluding steroid dienone is 1. The van der Waals surface area contributed by atoms with Crippen LogP contribution in [0.25, 0.3) is 0 Å². The van der Waals surface area contributed by atoms with Gasteiger partial charge in [-0.2, -0.15) is 0 Å². The summed E-state index contributed by atoms with van der Waals surface area (Å²) in [5, 5.41) is 0. The molecule has 0 radical (unpaired) electrons. The molecule has 0 aromatic heterocycles. The summed E-state index contributed by atoms with van der Waals surface area (Å²) < 4.78 is 0.722. The molecule has 1 aliphatic rings. The normalized spacial score (nSPS) is 19.8. The van der Waals surface area contributed by atoms with Crippen LogP contribution in [0.4, 0.5) is 0 Å². The number of halogens is 1. The smallest absolute Gasteiger partial charge is 0.174 e. The molecule has 0 bridgehead atoms. The van der Waals surface area contributed by atoms with Crippen LogP contribution >= 0.6 is 15.9 Å². The van der Waals surface area contributed by atoms with Crippen molar-refractivity contribution < 1.29 is 4.79 Å². The maximum Gasteiger partial charge on any atom is 0.174 e. The number of nitrogens with zero attached hydrogens (tertiary/aromatic N) is 1. The van der Waals surface area contributed by atoms with E-state index in [1.807, 2.05) is 25.2 Å². The Bertz CT molecular complexity index is 240. The highest BCUT2D eigenvalue weighted by Crippen LogP contribution is 2.27. The Morgan fingerprint density at radius 3 is 2.20 bits per heavy atom. The summed E-state index contributed by atoms with van der Waals surface area (Å²) in [4.78, 5) is 13.9. The molecular formula is C12H20BrNO. The maximum atomic E-state index is 12.0. The van der Waals surface area contributed by atoms with Gasteiger partial charge >= 0.3 is 0 Å². The lowest BCUT2D eigenvalue weighted by Crippen LogP contribution is -2.15. The first-order valence-corrected chi connectivity index (χ1v) is 6.48. The zero-order chi connectivity index (χ0) is 11.3. The number of hydrogen-bond acceptors (Lipinski definition) is 2. The summed E-state index contributed by atoms with van der Waals surface area (Å²) in [6.45, 7) is 0. The van der Waals surface area contributed by atoms with Crippen LogP contribution in [0.5, 0.6) is 0 Å². The molecule has 0 saturated heterocycles. The summed E-state index contributed by atoms with van der Waals surface area (Å²) in [6, 6.07) is 0. The molecule has 1 fully saturated rings. The fourth-order valence-electron chi connectivity index (χ4n) is 2.03. The second-order valence-corrected chi connectivity index (χ2v) is 5.35. The van der Waals surface area contributed by atoms with Gasteiger partial charge in [0.25, 0.3) is 0 Å². The first-order chi connectivity index (χ1) is 7.11. The van der Waals surface area contributed by atoms with Crippen molar-refractivity contribution in [2.75, 3.05) is 14.1 Å². The molecule has 0 atom stereocenters. The van der Waals surface area contributed by atoms with E-state index in [0.29, 0.717) is 0 Å². The molecule has 0 unspecified atom stereocenters. The van der Waals surface area contributed by atoms with E-state index in [-0.39, 0.29) is 11.7 Å². The SMILES string of the molecule is CN(C)/C=C(\Br)C(=O)C1CCCCCC1. The minimum absolute atomic E-state index is 0.248. The number of carbonyl (C=O) groups excluding carboxylic acids is 1. The Kier molecular flexibility index (Phi) is 5.37. The van der Waals surface area contributed by atoms with E-state index < -0.39 is 0 Å². The largest absolute Gasteiger partial charge is 0.382 e. The van der Waals surface area contributed by atoms with Crippen LogP contribution in [0.2, 0.25) is 0 Å². The Labute approximate surface area is 101 Å². The minimum Gasteiger partial charge on any atom is -0.382 e.